The van der Waals surface area contributed by atoms with E-state index >= 15 is 0 Å². The lowest BCUT2D eigenvalue weighted by molar-refractivity contribution is -0.131. The number of likely N-dealkylation sites (tertiary alicyclic amines) is 1. The first kappa shape index (κ1) is 13.3. The van der Waals surface area contributed by atoms with E-state index in [-0.39, 0.29) is 5.91 Å². The van der Waals surface area contributed by atoms with Gasteiger partial charge in [0.2, 0.25) is 0 Å². The van der Waals surface area contributed by atoms with Crippen molar-refractivity contribution in [2.45, 2.75) is 19.2 Å². The molecule has 1 aliphatic carbocycles. The van der Waals surface area contributed by atoms with Crippen LogP contribution in [0.2, 0.25) is 0 Å². The average Bonchev–Trinajstić information content (AvgIpc) is 2.70. The van der Waals surface area contributed by atoms with Gasteiger partial charge in [-0.3, -0.25) is 4.79 Å². The molecule has 0 saturated carbocycles. The van der Waals surface area contributed by atoms with Crippen molar-refractivity contribution in [2.75, 3.05) is 0 Å². The van der Waals surface area contributed by atoms with Crippen LogP contribution in [0.25, 0.3) is 0 Å². The topological polar surface area (TPSA) is 64.3 Å². The molecule has 1 N–H and O–H groups in total. The SMILES string of the molecule is N#Cc1ccc(CN2C(=O)C3=CCC=CC=C3C2O)cc1. The third-order valence-corrected chi connectivity index (χ3v) is 3.68. The number of carbonyl (C=O) groups is 1. The van der Waals surface area contributed by atoms with Crippen molar-refractivity contribution in [3.05, 3.63) is 70.8 Å². The van der Waals surface area contributed by atoms with E-state index < -0.39 is 6.23 Å². The zero-order valence-electron chi connectivity index (χ0n) is 11.4. The van der Waals surface area contributed by atoms with Crippen LogP contribution in [-0.4, -0.2) is 22.1 Å². The van der Waals surface area contributed by atoms with E-state index in [0.29, 0.717) is 29.7 Å². The highest BCUT2D eigenvalue weighted by molar-refractivity contribution is 6.02. The number of aliphatic hydroxyl groups is 1. The minimum Gasteiger partial charge on any atom is -0.369 e. The number of nitrogens with zero attached hydrogens (tertiary/aromatic N) is 2. The normalized spacial score (nSPS) is 20.5. The Balaban J connectivity index is 1.86. The van der Waals surface area contributed by atoms with Crippen LogP contribution in [0.5, 0.6) is 0 Å². The summed E-state index contributed by atoms with van der Waals surface area (Å²) in [6, 6.07) is 9.08. The van der Waals surface area contributed by atoms with Gasteiger partial charge in [-0.15, -0.1) is 0 Å². The van der Waals surface area contributed by atoms with Crippen LogP contribution >= 0.6 is 0 Å². The van der Waals surface area contributed by atoms with E-state index in [1.165, 1.54) is 4.90 Å². The number of fused-ring (bicyclic) bond motifs is 1. The molecule has 1 aliphatic heterocycles. The molecule has 1 fully saturated rings. The number of carbonyl (C=O) groups excluding carboxylic acids is 1. The quantitative estimate of drug-likeness (QED) is 0.900. The van der Waals surface area contributed by atoms with E-state index in [1.54, 1.807) is 30.3 Å². The van der Waals surface area contributed by atoms with E-state index in [9.17, 15) is 9.90 Å². The van der Waals surface area contributed by atoms with Gasteiger partial charge in [-0.25, -0.2) is 0 Å². The van der Waals surface area contributed by atoms with Gasteiger partial charge in [0.1, 0.15) is 0 Å². The second kappa shape index (κ2) is 5.39. The Hall–Kier alpha value is -2.64. The van der Waals surface area contributed by atoms with Gasteiger partial charge in [-0.05, 0) is 24.1 Å². The Labute approximate surface area is 122 Å². The molecule has 3 rings (SSSR count). The molecule has 1 unspecified atom stereocenters. The van der Waals surface area contributed by atoms with E-state index in [2.05, 4.69) is 6.07 Å². The van der Waals surface area contributed by atoms with Crippen molar-refractivity contribution >= 4 is 5.91 Å². The zero-order chi connectivity index (χ0) is 14.8. The van der Waals surface area contributed by atoms with Gasteiger partial charge in [0.15, 0.2) is 6.23 Å². The average molecular weight is 278 g/mol. The Morgan fingerprint density at radius 1 is 1.33 bits per heavy atom. The number of hydrogen-bond acceptors (Lipinski definition) is 3. The first-order valence-corrected chi connectivity index (χ1v) is 6.76. The van der Waals surface area contributed by atoms with Gasteiger partial charge >= 0.3 is 0 Å². The molecule has 0 spiro atoms. The minimum atomic E-state index is -0.915. The number of aliphatic hydroxyl groups excluding tert-OH is 1. The third kappa shape index (κ3) is 2.39. The summed E-state index contributed by atoms with van der Waals surface area (Å²) in [6.45, 7) is 0.324. The largest absolute Gasteiger partial charge is 0.369 e. The van der Waals surface area contributed by atoms with Gasteiger partial charge in [-0.1, -0.05) is 36.4 Å². The number of amides is 1. The molecule has 104 valence electrons. The molecule has 0 bridgehead atoms. The fourth-order valence-corrected chi connectivity index (χ4v) is 2.55. The summed E-state index contributed by atoms with van der Waals surface area (Å²) in [6.07, 6.45) is 7.23. The predicted molar refractivity (Wildman–Crippen MR) is 77.6 cm³/mol. The summed E-state index contributed by atoms with van der Waals surface area (Å²) >= 11 is 0. The fourth-order valence-electron chi connectivity index (χ4n) is 2.55. The first-order valence-electron chi connectivity index (χ1n) is 6.76. The molecule has 1 heterocycles. The molecule has 4 heteroatoms. The third-order valence-electron chi connectivity index (χ3n) is 3.68. The maximum absolute atomic E-state index is 12.4. The predicted octanol–water partition coefficient (Wildman–Crippen LogP) is 2.03. The monoisotopic (exact) mass is 278 g/mol. The number of hydrogen-bond donors (Lipinski definition) is 1. The molecular weight excluding hydrogens is 264 g/mol. The van der Waals surface area contributed by atoms with Crippen LogP contribution in [0.4, 0.5) is 0 Å². The molecule has 2 aliphatic rings. The van der Waals surface area contributed by atoms with E-state index in [4.69, 9.17) is 5.26 Å². The van der Waals surface area contributed by atoms with Gasteiger partial charge in [0.25, 0.3) is 5.91 Å². The second-order valence-corrected chi connectivity index (χ2v) is 5.02. The molecule has 21 heavy (non-hydrogen) atoms. The van der Waals surface area contributed by atoms with Crippen molar-refractivity contribution in [3.63, 3.8) is 0 Å². The summed E-state index contributed by atoms with van der Waals surface area (Å²) in [5.74, 6) is -0.151. The summed E-state index contributed by atoms with van der Waals surface area (Å²) in [4.78, 5) is 13.8. The van der Waals surface area contributed by atoms with Gasteiger partial charge in [0, 0.05) is 17.7 Å². The first-order chi connectivity index (χ1) is 10.2. The molecule has 1 atom stereocenters. The summed E-state index contributed by atoms with van der Waals surface area (Å²) in [5.41, 5.74) is 2.70. The standard InChI is InChI=1S/C17H14N2O2/c18-10-12-6-8-13(9-7-12)11-19-16(20)14-4-2-1-3-5-15(14)17(19)21/h1-2,4-9,16,20H,3,11H2. The highest BCUT2D eigenvalue weighted by atomic mass is 16.3. The summed E-state index contributed by atoms with van der Waals surface area (Å²) in [5, 5.41) is 19.1. The molecule has 0 aromatic heterocycles. The Kier molecular flexibility index (Phi) is 3.43. The molecule has 0 radical (unpaired) electrons. The molecular formula is C17H14N2O2. The van der Waals surface area contributed by atoms with Crippen molar-refractivity contribution in [2.24, 2.45) is 0 Å². The highest BCUT2D eigenvalue weighted by Crippen LogP contribution is 2.31. The molecule has 1 aromatic carbocycles. The zero-order valence-corrected chi connectivity index (χ0v) is 11.4. The summed E-state index contributed by atoms with van der Waals surface area (Å²) in [7, 11) is 0. The van der Waals surface area contributed by atoms with Crippen LogP contribution < -0.4 is 0 Å². The Morgan fingerprint density at radius 3 is 2.81 bits per heavy atom. The molecule has 1 saturated heterocycles. The Bertz CT molecular complexity index is 705. The van der Waals surface area contributed by atoms with Crippen LogP contribution in [0.3, 0.4) is 0 Å². The number of nitriles is 1. The molecule has 1 aromatic rings. The number of rotatable bonds is 2. The van der Waals surface area contributed by atoms with E-state index in [1.807, 2.05) is 18.2 Å². The lowest BCUT2D eigenvalue weighted by Gasteiger charge is -2.20. The number of benzene rings is 1. The van der Waals surface area contributed by atoms with E-state index in [0.717, 1.165) is 5.56 Å². The highest BCUT2D eigenvalue weighted by Gasteiger charge is 2.38. The lowest BCUT2D eigenvalue weighted by Crippen LogP contribution is -2.32. The van der Waals surface area contributed by atoms with Crippen LogP contribution in [0.15, 0.2) is 59.7 Å². The number of allylic oxidation sites excluding steroid dienone is 4. The van der Waals surface area contributed by atoms with Crippen LogP contribution in [0, 0.1) is 11.3 Å². The van der Waals surface area contributed by atoms with Gasteiger partial charge < -0.3 is 10.0 Å². The maximum Gasteiger partial charge on any atom is 0.256 e. The Morgan fingerprint density at radius 2 is 2.10 bits per heavy atom. The van der Waals surface area contributed by atoms with Crippen molar-refractivity contribution in [1.82, 2.24) is 4.90 Å². The minimum absolute atomic E-state index is 0.151. The van der Waals surface area contributed by atoms with Crippen LogP contribution in [-0.2, 0) is 11.3 Å². The second-order valence-electron chi connectivity index (χ2n) is 5.02. The molecule has 4 nitrogen and oxygen atoms in total. The van der Waals surface area contributed by atoms with Gasteiger partial charge in [-0.2, -0.15) is 5.26 Å². The lowest BCUT2D eigenvalue weighted by atomic mass is 10.1. The van der Waals surface area contributed by atoms with Gasteiger partial charge in [0.05, 0.1) is 11.6 Å². The van der Waals surface area contributed by atoms with Crippen LogP contribution in [0.1, 0.15) is 17.5 Å². The van der Waals surface area contributed by atoms with Crippen molar-refractivity contribution < 1.29 is 9.90 Å². The van der Waals surface area contributed by atoms with Crippen molar-refractivity contribution in [3.8, 4) is 6.07 Å². The van der Waals surface area contributed by atoms with Crippen molar-refractivity contribution in [1.29, 1.82) is 5.26 Å². The molecule has 1 amide bonds. The fraction of sp³-hybridized carbons (Fsp3) is 0.176. The maximum atomic E-state index is 12.4. The smallest absolute Gasteiger partial charge is 0.256 e. The summed E-state index contributed by atoms with van der Waals surface area (Å²) < 4.78 is 0.